The molecule has 1 unspecified atom stereocenters. The summed E-state index contributed by atoms with van der Waals surface area (Å²) in [6.45, 7) is 11.3. The van der Waals surface area contributed by atoms with E-state index in [0.717, 1.165) is 69.6 Å². The molecule has 0 aromatic rings. The molecule has 314 valence electrons. The molecule has 0 aliphatic heterocycles. The topological polar surface area (TPSA) is 78.9 Å². The van der Waals surface area contributed by atoms with E-state index in [-0.39, 0.29) is 31.1 Å². The summed E-state index contributed by atoms with van der Waals surface area (Å²) in [5, 5.41) is 0. The zero-order valence-electron chi connectivity index (χ0n) is 36.1. The zero-order valence-corrected chi connectivity index (χ0v) is 36.1. The fourth-order valence-electron chi connectivity index (χ4n) is 6.90. The van der Waals surface area contributed by atoms with E-state index in [1.165, 1.54) is 141 Å². The van der Waals surface area contributed by atoms with Crippen LogP contribution < -0.4 is 0 Å². The number of ether oxygens (including phenoxy) is 3. The number of carbonyl (C=O) groups is 3. The van der Waals surface area contributed by atoms with Gasteiger partial charge >= 0.3 is 17.9 Å². The third kappa shape index (κ3) is 39.9. The van der Waals surface area contributed by atoms with Gasteiger partial charge in [0.25, 0.3) is 0 Å². The van der Waals surface area contributed by atoms with Gasteiger partial charge in [-0.1, -0.05) is 214 Å². The molecule has 0 aromatic heterocycles. The first kappa shape index (κ1) is 51.4. The quantitative estimate of drug-likeness (QED) is 0.0352. The molecule has 0 aromatic carbocycles. The molecule has 0 N–H and O–H groups in total. The number of esters is 3. The molecular weight excluding hydrogens is 661 g/mol. The Morgan fingerprint density at radius 2 is 0.717 bits per heavy atom. The minimum Gasteiger partial charge on any atom is -0.462 e. The van der Waals surface area contributed by atoms with Gasteiger partial charge in [0.1, 0.15) is 13.2 Å². The van der Waals surface area contributed by atoms with Gasteiger partial charge in [-0.25, -0.2) is 0 Å². The van der Waals surface area contributed by atoms with Crippen LogP contribution in [0.3, 0.4) is 0 Å². The molecule has 2 atom stereocenters. The minimum atomic E-state index is -0.760. The maximum atomic E-state index is 12.7. The highest BCUT2D eigenvalue weighted by atomic mass is 16.6. The highest BCUT2D eigenvalue weighted by Crippen LogP contribution is 2.17. The van der Waals surface area contributed by atoms with Gasteiger partial charge < -0.3 is 14.2 Å². The standard InChI is InChI=1S/C47H90O6/c1-6-8-9-10-11-12-16-22-27-32-37-45(48)51-40-44(41-52-46(49)38-33-28-23-19-18-20-25-30-35-42(3)4)53-47(50)39-34-29-24-17-14-13-15-21-26-31-36-43(5)7-2/h42-44H,6-41H2,1-5H3/t43?,44-/m1/s1. The van der Waals surface area contributed by atoms with Crippen LogP contribution in [0.2, 0.25) is 0 Å². The Morgan fingerprint density at radius 3 is 1.08 bits per heavy atom. The van der Waals surface area contributed by atoms with Crippen LogP contribution in [0.1, 0.15) is 253 Å². The van der Waals surface area contributed by atoms with Crippen molar-refractivity contribution in [3.05, 3.63) is 0 Å². The fourth-order valence-corrected chi connectivity index (χ4v) is 6.90. The largest absolute Gasteiger partial charge is 0.462 e. The van der Waals surface area contributed by atoms with Gasteiger partial charge in [-0.3, -0.25) is 14.4 Å². The summed E-state index contributed by atoms with van der Waals surface area (Å²) in [4.78, 5) is 37.7. The predicted molar refractivity (Wildman–Crippen MR) is 224 cm³/mol. The van der Waals surface area contributed by atoms with Gasteiger partial charge in [0.15, 0.2) is 6.10 Å². The van der Waals surface area contributed by atoms with Crippen LogP contribution >= 0.6 is 0 Å². The first-order valence-electron chi connectivity index (χ1n) is 23.3. The number of hydrogen-bond donors (Lipinski definition) is 0. The van der Waals surface area contributed by atoms with Gasteiger partial charge in [0.2, 0.25) is 0 Å². The van der Waals surface area contributed by atoms with Crippen LogP contribution in [0, 0.1) is 11.8 Å². The van der Waals surface area contributed by atoms with Crippen LogP contribution in [0.5, 0.6) is 0 Å². The van der Waals surface area contributed by atoms with Crippen molar-refractivity contribution in [2.75, 3.05) is 13.2 Å². The second-order valence-electron chi connectivity index (χ2n) is 16.8. The lowest BCUT2D eigenvalue weighted by Gasteiger charge is -2.18. The van der Waals surface area contributed by atoms with Crippen molar-refractivity contribution in [3.8, 4) is 0 Å². The highest BCUT2D eigenvalue weighted by Gasteiger charge is 2.19. The number of rotatable bonds is 41. The van der Waals surface area contributed by atoms with Crippen LogP contribution in [-0.4, -0.2) is 37.2 Å². The van der Waals surface area contributed by atoms with Crippen molar-refractivity contribution in [3.63, 3.8) is 0 Å². The first-order chi connectivity index (χ1) is 25.8. The number of carbonyl (C=O) groups excluding carboxylic acids is 3. The summed E-state index contributed by atoms with van der Waals surface area (Å²) in [5.74, 6) is 0.805. The van der Waals surface area contributed by atoms with Gasteiger partial charge in [0, 0.05) is 19.3 Å². The van der Waals surface area contributed by atoms with Crippen LogP contribution in [0.25, 0.3) is 0 Å². The average molecular weight is 751 g/mol. The van der Waals surface area contributed by atoms with E-state index in [0.29, 0.717) is 19.3 Å². The second kappa shape index (κ2) is 40.1. The zero-order chi connectivity index (χ0) is 39.0. The van der Waals surface area contributed by atoms with E-state index >= 15 is 0 Å². The Hall–Kier alpha value is -1.59. The summed E-state index contributed by atoms with van der Waals surface area (Å²) < 4.78 is 16.7. The van der Waals surface area contributed by atoms with Gasteiger partial charge in [-0.05, 0) is 31.1 Å². The van der Waals surface area contributed by atoms with Crippen LogP contribution in [0.15, 0.2) is 0 Å². The number of unbranched alkanes of at least 4 members (excludes halogenated alkanes) is 25. The van der Waals surface area contributed by atoms with Crippen LogP contribution in [-0.2, 0) is 28.6 Å². The van der Waals surface area contributed by atoms with Crippen molar-refractivity contribution >= 4 is 17.9 Å². The Balaban J connectivity index is 4.34. The van der Waals surface area contributed by atoms with E-state index in [9.17, 15) is 14.4 Å². The molecule has 0 saturated carbocycles. The Morgan fingerprint density at radius 1 is 0.396 bits per heavy atom. The Labute approximate surface area is 329 Å². The van der Waals surface area contributed by atoms with E-state index in [1.54, 1.807) is 0 Å². The lowest BCUT2D eigenvalue weighted by atomic mass is 9.99. The van der Waals surface area contributed by atoms with Crippen molar-refractivity contribution < 1.29 is 28.6 Å². The minimum absolute atomic E-state index is 0.0651. The average Bonchev–Trinajstić information content (AvgIpc) is 3.14. The van der Waals surface area contributed by atoms with Crippen LogP contribution in [0.4, 0.5) is 0 Å². The lowest BCUT2D eigenvalue weighted by molar-refractivity contribution is -0.167. The molecule has 0 rings (SSSR count). The maximum Gasteiger partial charge on any atom is 0.306 e. The highest BCUT2D eigenvalue weighted by molar-refractivity contribution is 5.71. The second-order valence-corrected chi connectivity index (χ2v) is 16.8. The maximum absolute atomic E-state index is 12.7. The van der Waals surface area contributed by atoms with E-state index < -0.39 is 6.10 Å². The molecule has 0 spiro atoms. The first-order valence-corrected chi connectivity index (χ1v) is 23.3. The van der Waals surface area contributed by atoms with E-state index in [4.69, 9.17) is 14.2 Å². The summed E-state index contributed by atoms with van der Waals surface area (Å²) in [6, 6.07) is 0. The summed E-state index contributed by atoms with van der Waals surface area (Å²) in [5.41, 5.74) is 0. The molecule has 0 amide bonds. The smallest absolute Gasteiger partial charge is 0.306 e. The third-order valence-corrected chi connectivity index (χ3v) is 10.8. The molecule has 0 aliphatic carbocycles. The summed E-state index contributed by atoms with van der Waals surface area (Å²) in [6.07, 6.45) is 38.0. The number of hydrogen-bond acceptors (Lipinski definition) is 6. The van der Waals surface area contributed by atoms with Crippen molar-refractivity contribution in [1.82, 2.24) is 0 Å². The molecule has 6 nitrogen and oxygen atoms in total. The third-order valence-electron chi connectivity index (χ3n) is 10.8. The molecule has 0 radical (unpaired) electrons. The van der Waals surface area contributed by atoms with Gasteiger partial charge in [0.05, 0.1) is 0 Å². The molecule has 0 fully saturated rings. The van der Waals surface area contributed by atoms with Crippen molar-refractivity contribution in [2.24, 2.45) is 11.8 Å². The fraction of sp³-hybridized carbons (Fsp3) is 0.936. The molecule has 6 heteroatoms. The van der Waals surface area contributed by atoms with Crippen molar-refractivity contribution in [2.45, 2.75) is 259 Å². The normalized spacial score (nSPS) is 12.6. The van der Waals surface area contributed by atoms with Gasteiger partial charge in [-0.2, -0.15) is 0 Å². The molecule has 0 saturated heterocycles. The lowest BCUT2D eigenvalue weighted by Crippen LogP contribution is -2.30. The van der Waals surface area contributed by atoms with E-state index in [2.05, 4.69) is 34.6 Å². The molecule has 53 heavy (non-hydrogen) atoms. The SMILES string of the molecule is CCCCCCCCCCCCC(=O)OC[C@H](COC(=O)CCCCCCCCCCC(C)C)OC(=O)CCCCCCCCCCCCC(C)CC. The molecule has 0 aliphatic rings. The molecular formula is C47H90O6. The van der Waals surface area contributed by atoms with E-state index in [1.807, 2.05) is 0 Å². The summed E-state index contributed by atoms with van der Waals surface area (Å²) in [7, 11) is 0. The monoisotopic (exact) mass is 751 g/mol. The summed E-state index contributed by atoms with van der Waals surface area (Å²) >= 11 is 0. The Bertz CT molecular complexity index is 811. The van der Waals surface area contributed by atoms with Gasteiger partial charge in [-0.15, -0.1) is 0 Å². The molecule has 0 bridgehead atoms. The molecule has 0 heterocycles. The van der Waals surface area contributed by atoms with Crippen molar-refractivity contribution in [1.29, 1.82) is 0 Å². The predicted octanol–water partition coefficient (Wildman–Crippen LogP) is 14.6. The Kier molecular flexibility index (Phi) is 38.9.